The quantitative estimate of drug-likeness (QED) is 0.658. The molecule has 1 fully saturated rings. The molecule has 1 saturated carbocycles. The van der Waals surface area contributed by atoms with Gasteiger partial charge >= 0.3 is 0 Å². The Balaban J connectivity index is 1.22. The van der Waals surface area contributed by atoms with Crippen molar-refractivity contribution in [2.45, 2.75) is 44.9 Å². The molecule has 0 spiro atoms. The van der Waals surface area contributed by atoms with Crippen molar-refractivity contribution >= 4 is 0 Å². The van der Waals surface area contributed by atoms with Crippen LogP contribution >= 0.6 is 0 Å². The lowest BCUT2D eigenvalue weighted by molar-refractivity contribution is 0.244. The lowest BCUT2D eigenvalue weighted by atomic mass is 9.99. The van der Waals surface area contributed by atoms with E-state index < -0.39 is 0 Å². The van der Waals surface area contributed by atoms with Gasteiger partial charge in [-0.3, -0.25) is 4.90 Å². The summed E-state index contributed by atoms with van der Waals surface area (Å²) in [5, 5.41) is 4.52. The fourth-order valence-electron chi connectivity index (χ4n) is 3.91. The molecule has 0 saturated heterocycles. The summed E-state index contributed by atoms with van der Waals surface area (Å²) in [5.74, 6) is 3.32. The maximum atomic E-state index is 6.03. The summed E-state index contributed by atoms with van der Waals surface area (Å²) in [6, 6.07) is 17.2. The van der Waals surface area contributed by atoms with E-state index in [1.165, 1.54) is 29.5 Å². The predicted octanol–water partition coefficient (Wildman–Crippen LogP) is 3.83. The zero-order valence-corrected chi connectivity index (χ0v) is 16.3. The number of hydrogen-bond acceptors (Lipinski definition) is 4. The molecular formula is C23H26N4O. The predicted molar refractivity (Wildman–Crippen MR) is 108 cm³/mol. The van der Waals surface area contributed by atoms with Gasteiger partial charge in [0, 0.05) is 32.6 Å². The Hall–Kier alpha value is -2.66. The second kappa shape index (κ2) is 7.40. The van der Waals surface area contributed by atoms with E-state index in [-0.39, 0.29) is 0 Å². The van der Waals surface area contributed by atoms with Crippen LogP contribution in [-0.4, -0.2) is 26.2 Å². The minimum Gasteiger partial charge on any atom is -0.486 e. The van der Waals surface area contributed by atoms with Crippen molar-refractivity contribution in [2.24, 2.45) is 7.05 Å². The molecule has 1 aliphatic heterocycles. The van der Waals surface area contributed by atoms with Crippen LogP contribution in [0.2, 0.25) is 0 Å². The van der Waals surface area contributed by atoms with Gasteiger partial charge in [0.2, 0.25) is 0 Å². The third kappa shape index (κ3) is 3.80. The summed E-state index contributed by atoms with van der Waals surface area (Å²) in [6.45, 7) is 3.52. The SMILES string of the molecule is Cn1nc(C2CC2)nc1COc1cccc(CN2CCc3ccccc3C2)c1. The number of rotatable bonds is 6. The maximum Gasteiger partial charge on any atom is 0.164 e. The van der Waals surface area contributed by atoms with Gasteiger partial charge in [-0.25, -0.2) is 9.67 Å². The Morgan fingerprint density at radius 3 is 2.79 bits per heavy atom. The second-order valence-corrected chi connectivity index (χ2v) is 7.95. The first-order valence-electron chi connectivity index (χ1n) is 10.2. The van der Waals surface area contributed by atoms with Crippen LogP contribution in [0, 0.1) is 0 Å². The topological polar surface area (TPSA) is 43.2 Å². The molecule has 144 valence electrons. The summed E-state index contributed by atoms with van der Waals surface area (Å²) in [4.78, 5) is 7.15. The Bertz CT molecular complexity index is 976. The smallest absolute Gasteiger partial charge is 0.164 e. The molecule has 2 aliphatic rings. The molecule has 28 heavy (non-hydrogen) atoms. The van der Waals surface area contributed by atoms with Crippen LogP contribution in [0.15, 0.2) is 48.5 Å². The minimum atomic E-state index is 0.455. The van der Waals surface area contributed by atoms with Gasteiger partial charge in [-0.05, 0) is 48.1 Å². The van der Waals surface area contributed by atoms with Crippen LogP contribution in [0.25, 0.3) is 0 Å². The molecule has 0 N–H and O–H groups in total. The molecule has 2 aromatic carbocycles. The number of aryl methyl sites for hydroxylation is 1. The molecule has 0 atom stereocenters. The highest BCUT2D eigenvalue weighted by atomic mass is 16.5. The highest BCUT2D eigenvalue weighted by molar-refractivity contribution is 5.31. The van der Waals surface area contributed by atoms with Crippen molar-refractivity contribution in [2.75, 3.05) is 6.54 Å². The van der Waals surface area contributed by atoms with E-state index >= 15 is 0 Å². The minimum absolute atomic E-state index is 0.455. The maximum absolute atomic E-state index is 6.03. The molecule has 5 nitrogen and oxygen atoms in total. The molecule has 5 heteroatoms. The van der Waals surface area contributed by atoms with E-state index in [1.54, 1.807) is 0 Å². The molecule has 0 unspecified atom stereocenters. The van der Waals surface area contributed by atoms with E-state index in [2.05, 4.69) is 57.4 Å². The molecule has 1 aliphatic carbocycles. The third-order valence-corrected chi connectivity index (χ3v) is 5.69. The van der Waals surface area contributed by atoms with E-state index in [4.69, 9.17) is 4.74 Å². The molecule has 1 aromatic heterocycles. The summed E-state index contributed by atoms with van der Waals surface area (Å²) >= 11 is 0. The molecule has 5 rings (SSSR count). The van der Waals surface area contributed by atoms with Crippen LogP contribution in [0.3, 0.4) is 0 Å². The Kier molecular flexibility index (Phi) is 4.61. The normalized spacial score (nSPS) is 16.8. The van der Waals surface area contributed by atoms with Crippen LogP contribution in [-0.2, 0) is 33.2 Å². The zero-order valence-electron chi connectivity index (χ0n) is 16.3. The van der Waals surface area contributed by atoms with Crippen molar-refractivity contribution < 1.29 is 4.74 Å². The first-order valence-corrected chi connectivity index (χ1v) is 10.2. The van der Waals surface area contributed by atoms with Crippen molar-refractivity contribution in [3.05, 3.63) is 76.9 Å². The first kappa shape index (κ1) is 17.4. The second-order valence-electron chi connectivity index (χ2n) is 7.95. The zero-order chi connectivity index (χ0) is 18.9. The van der Waals surface area contributed by atoms with Crippen LogP contribution in [0.1, 0.15) is 47.1 Å². The summed E-state index contributed by atoms with van der Waals surface area (Å²) in [7, 11) is 1.95. The monoisotopic (exact) mass is 374 g/mol. The van der Waals surface area contributed by atoms with Crippen molar-refractivity contribution in [1.29, 1.82) is 0 Å². The van der Waals surface area contributed by atoms with E-state index in [0.717, 1.165) is 43.5 Å². The third-order valence-electron chi connectivity index (χ3n) is 5.69. The number of fused-ring (bicyclic) bond motifs is 1. The van der Waals surface area contributed by atoms with E-state index in [9.17, 15) is 0 Å². The summed E-state index contributed by atoms with van der Waals surface area (Å²) < 4.78 is 7.88. The molecular weight excluding hydrogens is 348 g/mol. The van der Waals surface area contributed by atoms with Crippen LogP contribution in [0.5, 0.6) is 5.75 Å². The summed E-state index contributed by atoms with van der Waals surface area (Å²) in [6.07, 6.45) is 3.56. The lowest BCUT2D eigenvalue weighted by Gasteiger charge is -2.28. The number of nitrogens with zero attached hydrogens (tertiary/aromatic N) is 4. The van der Waals surface area contributed by atoms with Gasteiger partial charge in [0.1, 0.15) is 12.4 Å². The van der Waals surface area contributed by atoms with E-state index in [1.807, 2.05) is 17.8 Å². The number of aromatic nitrogens is 3. The number of ether oxygens (including phenoxy) is 1. The molecule has 0 amide bonds. The van der Waals surface area contributed by atoms with Gasteiger partial charge in [0.25, 0.3) is 0 Å². The van der Waals surface area contributed by atoms with Crippen LogP contribution in [0.4, 0.5) is 0 Å². The molecule has 0 radical (unpaired) electrons. The van der Waals surface area contributed by atoms with Crippen molar-refractivity contribution in [3.8, 4) is 5.75 Å². The highest BCUT2D eigenvalue weighted by Crippen LogP contribution is 2.38. The number of hydrogen-bond donors (Lipinski definition) is 0. The van der Waals surface area contributed by atoms with Crippen molar-refractivity contribution in [1.82, 2.24) is 19.7 Å². The van der Waals surface area contributed by atoms with Gasteiger partial charge in [0.15, 0.2) is 11.6 Å². The van der Waals surface area contributed by atoms with Gasteiger partial charge in [-0.2, -0.15) is 5.10 Å². The molecule has 2 heterocycles. The van der Waals surface area contributed by atoms with E-state index in [0.29, 0.717) is 12.5 Å². The highest BCUT2D eigenvalue weighted by Gasteiger charge is 2.28. The van der Waals surface area contributed by atoms with Gasteiger partial charge in [0.05, 0.1) is 0 Å². The first-order chi connectivity index (χ1) is 13.7. The summed E-state index contributed by atoms with van der Waals surface area (Å²) in [5.41, 5.74) is 4.23. The van der Waals surface area contributed by atoms with Gasteiger partial charge in [-0.15, -0.1) is 0 Å². The standard InChI is InChI=1S/C23H26N4O/c1-26-22(24-23(25-26)19-9-10-19)16-28-21-8-4-5-17(13-21)14-27-12-11-18-6-2-3-7-20(18)15-27/h2-8,13,19H,9-12,14-16H2,1H3. The van der Waals surface area contributed by atoms with Gasteiger partial charge < -0.3 is 4.74 Å². The Labute approximate surface area is 166 Å². The van der Waals surface area contributed by atoms with Crippen LogP contribution < -0.4 is 4.74 Å². The van der Waals surface area contributed by atoms with Gasteiger partial charge in [-0.1, -0.05) is 36.4 Å². The largest absolute Gasteiger partial charge is 0.486 e. The Morgan fingerprint density at radius 2 is 1.93 bits per heavy atom. The van der Waals surface area contributed by atoms with Crippen molar-refractivity contribution in [3.63, 3.8) is 0 Å². The lowest BCUT2D eigenvalue weighted by Crippen LogP contribution is -2.29. The Morgan fingerprint density at radius 1 is 1.07 bits per heavy atom. The fourth-order valence-corrected chi connectivity index (χ4v) is 3.91. The molecule has 0 bridgehead atoms. The average Bonchev–Trinajstić information content (AvgIpc) is 3.50. The number of benzene rings is 2. The molecule has 3 aromatic rings. The fraction of sp³-hybridized carbons (Fsp3) is 0.391. The average molecular weight is 374 g/mol.